The first-order chi connectivity index (χ1) is 9.34. The molecular formula is C12H12N6O. The Balaban J connectivity index is 1.67. The molecule has 0 saturated heterocycles. The first-order valence-corrected chi connectivity index (χ1v) is 5.87. The van der Waals surface area contributed by atoms with E-state index in [0.29, 0.717) is 24.0 Å². The molecule has 7 nitrogen and oxygen atoms in total. The molecule has 0 aliphatic rings. The van der Waals surface area contributed by atoms with E-state index in [9.17, 15) is 4.79 Å². The number of amides is 1. The zero-order chi connectivity index (χ0) is 13.1. The number of imidazole rings is 1. The van der Waals surface area contributed by atoms with Crippen LogP contribution in [0, 0.1) is 0 Å². The maximum absolute atomic E-state index is 12.0. The van der Waals surface area contributed by atoms with Gasteiger partial charge in [-0.1, -0.05) is 0 Å². The number of fused-ring (bicyclic) bond motifs is 1. The minimum Gasteiger partial charge on any atom is -0.352 e. The lowest BCUT2D eigenvalue weighted by molar-refractivity contribution is 0.0955. The van der Waals surface area contributed by atoms with Gasteiger partial charge in [-0.2, -0.15) is 5.10 Å². The van der Waals surface area contributed by atoms with Gasteiger partial charge < -0.3 is 10.3 Å². The summed E-state index contributed by atoms with van der Waals surface area (Å²) in [4.78, 5) is 22.9. The second-order valence-electron chi connectivity index (χ2n) is 4.05. The summed E-state index contributed by atoms with van der Waals surface area (Å²) in [5, 5.41) is 6.95. The van der Waals surface area contributed by atoms with Crippen LogP contribution in [0.1, 0.15) is 16.1 Å². The molecule has 0 aliphatic carbocycles. The van der Waals surface area contributed by atoms with Crippen LogP contribution in [0.5, 0.6) is 0 Å². The molecule has 0 radical (unpaired) electrons. The molecule has 96 valence electrons. The summed E-state index contributed by atoms with van der Waals surface area (Å²) in [6.07, 6.45) is 10.6. The fourth-order valence-corrected chi connectivity index (χ4v) is 1.84. The van der Waals surface area contributed by atoms with Gasteiger partial charge in [-0.05, 0) is 0 Å². The molecule has 3 heterocycles. The van der Waals surface area contributed by atoms with Crippen molar-refractivity contribution in [2.24, 2.45) is 0 Å². The standard InChI is InChI=1S/C12H12N6O/c19-12(15-2-1-9-5-14-8-16-9)10-6-17-18-4-3-13-7-11(10)18/h3-8H,1-2H2,(H,14,16)(H,15,19). The van der Waals surface area contributed by atoms with Gasteiger partial charge >= 0.3 is 0 Å². The third kappa shape index (κ3) is 2.30. The van der Waals surface area contributed by atoms with Gasteiger partial charge in [0, 0.05) is 37.3 Å². The number of nitrogens with zero attached hydrogens (tertiary/aromatic N) is 4. The molecule has 0 fully saturated rings. The topological polar surface area (TPSA) is 88.0 Å². The number of hydrogen-bond acceptors (Lipinski definition) is 4. The maximum atomic E-state index is 12.0. The van der Waals surface area contributed by atoms with Crippen molar-refractivity contribution in [1.82, 2.24) is 29.9 Å². The van der Waals surface area contributed by atoms with E-state index >= 15 is 0 Å². The summed E-state index contributed by atoms with van der Waals surface area (Å²) < 4.78 is 1.62. The molecule has 0 atom stereocenters. The number of rotatable bonds is 4. The zero-order valence-corrected chi connectivity index (χ0v) is 10.1. The highest BCUT2D eigenvalue weighted by atomic mass is 16.1. The van der Waals surface area contributed by atoms with Crippen molar-refractivity contribution >= 4 is 11.4 Å². The highest BCUT2D eigenvalue weighted by Gasteiger charge is 2.11. The van der Waals surface area contributed by atoms with Gasteiger partial charge in [-0.3, -0.25) is 9.78 Å². The summed E-state index contributed by atoms with van der Waals surface area (Å²) in [5.74, 6) is -0.150. The third-order valence-corrected chi connectivity index (χ3v) is 2.80. The fraction of sp³-hybridized carbons (Fsp3) is 0.167. The second kappa shape index (κ2) is 4.89. The fourth-order valence-electron chi connectivity index (χ4n) is 1.84. The molecule has 19 heavy (non-hydrogen) atoms. The first kappa shape index (κ1) is 11.4. The molecule has 1 amide bonds. The number of aromatic nitrogens is 5. The Morgan fingerprint density at radius 1 is 1.32 bits per heavy atom. The molecule has 0 spiro atoms. The average molecular weight is 256 g/mol. The summed E-state index contributed by atoms with van der Waals surface area (Å²) in [6, 6.07) is 0. The van der Waals surface area contributed by atoms with E-state index in [4.69, 9.17) is 0 Å². The van der Waals surface area contributed by atoms with Gasteiger partial charge in [-0.25, -0.2) is 9.50 Å². The number of hydrogen-bond donors (Lipinski definition) is 2. The van der Waals surface area contributed by atoms with Crippen molar-refractivity contribution in [3.05, 3.63) is 48.6 Å². The number of nitrogens with one attached hydrogen (secondary N) is 2. The van der Waals surface area contributed by atoms with Crippen LogP contribution in [0.4, 0.5) is 0 Å². The van der Waals surface area contributed by atoms with Crippen molar-refractivity contribution in [1.29, 1.82) is 0 Å². The summed E-state index contributed by atoms with van der Waals surface area (Å²) >= 11 is 0. The van der Waals surface area contributed by atoms with E-state index in [1.807, 2.05) is 0 Å². The Morgan fingerprint density at radius 3 is 3.11 bits per heavy atom. The Bertz CT molecular complexity index is 687. The normalized spacial score (nSPS) is 10.7. The Hall–Kier alpha value is -2.70. The van der Waals surface area contributed by atoms with E-state index in [1.165, 1.54) is 0 Å². The summed E-state index contributed by atoms with van der Waals surface area (Å²) in [6.45, 7) is 0.540. The van der Waals surface area contributed by atoms with Crippen LogP contribution < -0.4 is 5.32 Å². The predicted octanol–water partition coefficient (Wildman–Crippen LogP) is 0.425. The van der Waals surface area contributed by atoms with Crippen LogP contribution in [0.15, 0.2) is 37.3 Å². The van der Waals surface area contributed by atoms with Gasteiger partial charge in [0.25, 0.3) is 5.91 Å². The highest BCUT2D eigenvalue weighted by molar-refractivity contribution is 6.00. The Kier molecular flexibility index (Phi) is 2.93. The first-order valence-electron chi connectivity index (χ1n) is 5.87. The van der Waals surface area contributed by atoms with E-state index in [0.717, 1.165) is 5.69 Å². The largest absolute Gasteiger partial charge is 0.352 e. The van der Waals surface area contributed by atoms with Gasteiger partial charge in [-0.15, -0.1) is 0 Å². The monoisotopic (exact) mass is 256 g/mol. The van der Waals surface area contributed by atoms with E-state index < -0.39 is 0 Å². The Labute approximate surface area is 108 Å². The molecule has 0 unspecified atom stereocenters. The van der Waals surface area contributed by atoms with E-state index in [2.05, 4.69) is 25.4 Å². The van der Waals surface area contributed by atoms with E-state index in [-0.39, 0.29) is 5.91 Å². The number of H-pyrrole nitrogens is 1. The van der Waals surface area contributed by atoms with Crippen molar-refractivity contribution < 1.29 is 4.79 Å². The van der Waals surface area contributed by atoms with Gasteiger partial charge in [0.05, 0.1) is 29.8 Å². The number of carbonyl (C=O) groups excluding carboxylic acids is 1. The molecule has 3 aromatic rings. The third-order valence-electron chi connectivity index (χ3n) is 2.80. The molecule has 3 rings (SSSR count). The van der Waals surface area contributed by atoms with Crippen LogP contribution in [-0.2, 0) is 6.42 Å². The molecule has 2 N–H and O–H groups in total. The van der Waals surface area contributed by atoms with Crippen LogP contribution in [0.25, 0.3) is 5.52 Å². The van der Waals surface area contributed by atoms with Crippen LogP contribution in [-0.4, -0.2) is 37.0 Å². The molecule has 0 aromatic carbocycles. The molecule has 7 heteroatoms. The molecular weight excluding hydrogens is 244 g/mol. The van der Waals surface area contributed by atoms with Crippen molar-refractivity contribution in [2.45, 2.75) is 6.42 Å². The minimum absolute atomic E-state index is 0.150. The van der Waals surface area contributed by atoms with E-state index in [1.54, 1.807) is 41.8 Å². The quantitative estimate of drug-likeness (QED) is 0.708. The lowest BCUT2D eigenvalue weighted by atomic mass is 10.2. The van der Waals surface area contributed by atoms with Gasteiger partial charge in [0.2, 0.25) is 0 Å². The zero-order valence-electron chi connectivity index (χ0n) is 10.1. The minimum atomic E-state index is -0.150. The number of aromatic amines is 1. The van der Waals surface area contributed by atoms with Crippen molar-refractivity contribution in [3.63, 3.8) is 0 Å². The van der Waals surface area contributed by atoms with Gasteiger partial charge in [0.15, 0.2) is 0 Å². The van der Waals surface area contributed by atoms with Crippen LogP contribution in [0.2, 0.25) is 0 Å². The van der Waals surface area contributed by atoms with Gasteiger partial charge in [0.1, 0.15) is 0 Å². The van der Waals surface area contributed by atoms with Crippen LogP contribution in [0.3, 0.4) is 0 Å². The smallest absolute Gasteiger partial charge is 0.255 e. The Morgan fingerprint density at radius 2 is 2.26 bits per heavy atom. The highest BCUT2D eigenvalue weighted by Crippen LogP contribution is 2.08. The van der Waals surface area contributed by atoms with Crippen molar-refractivity contribution in [2.75, 3.05) is 6.54 Å². The SMILES string of the molecule is O=C(NCCc1cnc[nH]1)c1cnn2ccncc12. The maximum Gasteiger partial charge on any atom is 0.255 e. The number of carbonyl (C=O) groups is 1. The molecule has 0 bridgehead atoms. The molecule has 0 aliphatic heterocycles. The lowest BCUT2D eigenvalue weighted by Crippen LogP contribution is -2.25. The van der Waals surface area contributed by atoms with Crippen LogP contribution >= 0.6 is 0 Å². The summed E-state index contributed by atoms with van der Waals surface area (Å²) in [7, 11) is 0. The second-order valence-corrected chi connectivity index (χ2v) is 4.05. The van der Waals surface area contributed by atoms with Crippen molar-refractivity contribution in [3.8, 4) is 0 Å². The molecule has 0 saturated carbocycles. The lowest BCUT2D eigenvalue weighted by Gasteiger charge is -2.02. The summed E-state index contributed by atoms with van der Waals surface area (Å²) in [5.41, 5.74) is 2.21. The predicted molar refractivity (Wildman–Crippen MR) is 67.6 cm³/mol. The molecule has 3 aromatic heterocycles. The average Bonchev–Trinajstić information content (AvgIpc) is 3.07.